The summed E-state index contributed by atoms with van der Waals surface area (Å²) in [4.78, 5) is 22.5. The summed E-state index contributed by atoms with van der Waals surface area (Å²) in [5, 5.41) is 8.59. The third kappa shape index (κ3) is 4.29. The average Bonchev–Trinajstić information content (AvgIpc) is 2.25. The number of nitrogens with one attached hydrogen (secondary N) is 3. The monoisotopic (exact) mass is 213 g/mol. The lowest BCUT2D eigenvalue weighted by atomic mass is 9.98. The third-order valence-corrected chi connectivity index (χ3v) is 2.54. The largest absolute Gasteiger partial charge is 0.356 e. The first-order valence-electron chi connectivity index (χ1n) is 5.43. The molecule has 0 aliphatic carbocycles. The molecule has 0 radical (unpaired) electrons. The van der Waals surface area contributed by atoms with Crippen molar-refractivity contribution in [3.63, 3.8) is 0 Å². The van der Waals surface area contributed by atoms with Crippen molar-refractivity contribution in [3.8, 4) is 0 Å². The van der Waals surface area contributed by atoms with Gasteiger partial charge in [-0.15, -0.1) is 0 Å². The maximum atomic E-state index is 11.6. The Morgan fingerprint density at radius 3 is 2.93 bits per heavy atom. The van der Waals surface area contributed by atoms with Gasteiger partial charge in [0.25, 0.3) is 0 Å². The highest BCUT2D eigenvalue weighted by atomic mass is 16.2. The van der Waals surface area contributed by atoms with Gasteiger partial charge in [-0.05, 0) is 26.4 Å². The summed E-state index contributed by atoms with van der Waals surface area (Å²) in [7, 11) is 1.89. The number of hydrogen-bond acceptors (Lipinski definition) is 3. The van der Waals surface area contributed by atoms with Crippen LogP contribution in [0.1, 0.15) is 19.3 Å². The van der Waals surface area contributed by atoms with Gasteiger partial charge in [-0.1, -0.05) is 0 Å². The van der Waals surface area contributed by atoms with Gasteiger partial charge in [-0.2, -0.15) is 0 Å². The topological polar surface area (TPSA) is 70.2 Å². The maximum absolute atomic E-state index is 11.6. The van der Waals surface area contributed by atoms with Crippen molar-refractivity contribution < 1.29 is 9.59 Å². The molecule has 0 spiro atoms. The van der Waals surface area contributed by atoms with Crippen molar-refractivity contribution in [1.29, 1.82) is 0 Å². The van der Waals surface area contributed by atoms with Crippen LogP contribution in [0.3, 0.4) is 0 Å². The highest BCUT2D eigenvalue weighted by molar-refractivity contribution is 5.83. The van der Waals surface area contributed by atoms with Gasteiger partial charge >= 0.3 is 0 Å². The minimum absolute atomic E-state index is 0.0442. The van der Waals surface area contributed by atoms with Crippen LogP contribution in [0, 0.1) is 5.92 Å². The molecule has 1 fully saturated rings. The van der Waals surface area contributed by atoms with Gasteiger partial charge in [0.15, 0.2) is 0 Å². The van der Waals surface area contributed by atoms with Crippen LogP contribution in [-0.2, 0) is 9.59 Å². The molecule has 1 aliphatic rings. The van der Waals surface area contributed by atoms with E-state index in [2.05, 4.69) is 16.0 Å². The number of rotatable bonds is 5. The molecule has 3 N–H and O–H groups in total. The second-order valence-corrected chi connectivity index (χ2v) is 3.79. The average molecular weight is 213 g/mol. The molecule has 0 aromatic rings. The van der Waals surface area contributed by atoms with Gasteiger partial charge in [0.1, 0.15) is 0 Å². The highest BCUT2D eigenvalue weighted by Gasteiger charge is 2.23. The first-order chi connectivity index (χ1) is 7.24. The summed E-state index contributed by atoms with van der Waals surface area (Å²) in [5.41, 5.74) is 0. The van der Waals surface area contributed by atoms with Crippen LogP contribution in [0.15, 0.2) is 0 Å². The van der Waals surface area contributed by atoms with Crippen LogP contribution >= 0.6 is 0 Å². The fourth-order valence-corrected chi connectivity index (χ4v) is 1.58. The number of amides is 2. The van der Waals surface area contributed by atoms with Crippen molar-refractivity contribution in [1.82, 2.24) is 16.0 Å². The summed E-state index contributed by atoms with van der Waals surface area (Å²) >= 11 is 0. The molecule has 5 nitrogen and oxygen atoms in total. The highest BCUT2D eigenvalue weighted by Crippen LogP contribution is 2.10. The van der Waals surface area contributed by atoms with E-state index in [1.807, 2.05) is 7.05 Å². The van der Waals surface area contributed by atoms with E-state index in [1.165, 1.54) is 0 Å². The molecule has 1 aliphatic heterocycles. The van der Waals surface area contributed by atoms with Gasteiger partial charge in [0.2, 0.25) is 11.8 Å². The van der Waals surface area contributed by atoms with Gasteiger partial charge in [-0.3, -0.25) is 9.59 Å². The molecule has 1 unspecified atom stereocenters. The molecule has 15 heavy (non-hydrogen) atoms. The third-order valence-electron chi connectivity index (χ3n) is 2.54. The number of hydrogen-bond donors (Lipinski definition) is 3. The molecule has 1 atom stereocenters. The SMILES string of the molecule is CNCCCNC(=O)C1CCC(=O)NC1. The van der Waals surface area contributed by atoms with E-state index >= 15 is 0 Å². The van der Waals surface area contributed by atoms with Crippen LogP contribution < -0.4 is 16.0 Å². The minimum Gasteiger partial charge on any atom is -0.356 e. The molecule has 0 saturated carbocycles. The Balaban J connectivity index is 2.14. The normalized spacial score (nSPS) is 20.9. The van der Waals surface area contributed by atoms with Gasteiger partial charge in [-0.25, -0.2) is 0 Å². The summed E-state index contributed by atoms with van der Waals surface area (Å²) < 4.78 is 0. The summed E-state index contributed by atoms with van der Waals surface area (Å²) in [5.74, 6) is 0.0672. The second kappa shape index (κ2) is 6.40. The molecular formula is C10H19N3O2. The summed E-state index contributed by atoms with van der Waals surface area (Å²) in [6.07, 6.45) is 2.07. The zero-order valence-corrected chi connectivity index (χ0v) is 9.14. The number of carbonyl (C=O) groups is 2. The molecule has 0 aromatic carbocycles. The van der Waals surface area contributed by atoms with Crippen molar-refractivity contribution >= 4 is 11.8 Å². The second-order valence-electron chi connectivity index (χ2n) is 3.79. The predicted octanol–water partition coefficient (Wildman–Crippen LogP) is -0.762. The minimum atomic E-state index is -0.0442. The lowest BCUT2D eigenvalue weighted by Crippen LogP contribution is -2.43. The molecule has 2 amide bonds. The van der Waals surface area contributed by atoms with E-state index in [0.717, 1.165) is 13.0 Å². The lowest BCUT2D eigenvalue weighted by Gasteiger charge is -2.21. The van der Waals surface area contributed by atoms with Crippen LogP contribution in [0.4, 0.5) is 0 Å². The Morgan fingerprint density at radius 1 is 1.53 bits per heavy atom. The zero-order chi connectivity index (χ0) is 11.1. The van der Waals surface area contributed by atoms with E-state index in [0.29, 0.717) is 25.9 Å². The van der Waals surface area contributed by atoms with E-state index in [4.69, 9.17) is 0 Å². The Bertz CT molecular complexity index is 221. The van der Waals surface area contributed by atoms with Crippen LogP contribution in [0.2, 0.25) is 0 Å². The quantitative estimate of drug-likeness (QED) is 0.526. The van der Waals surface area contributed by atoms with E-state index in [-0.39, 0.29) is 17.7 Å². The van der Waals surface area contributed by atoms with Crippen molar-refractivity contribution in [2.45, 2.75) is 19.3 Å². The first kappa shape index (κ1) is 12.0. The molecule has 0 bridgehead atoms. The van der Waals surface area contributed by atoms with Gasteiger partial charge < -0.3 is 16.0 Å². The standard InChI is InChI=1S/C10H19N3O2/c1-11-5-2-6-12-10(15)8-3-4-9(14)13-7-8/h8,11H,2-7H2,1H3,(H,12,15)(H,13,14). The molecule has 1 rings (SSSR count). The van der Waals surface area contributed by atoms with Crippen LogP contribution in [0.25, 0.3) is 0 Å². The number of piperidine rings is 1. The van der Waals surface area contributed by atoms with E-state index < -0.39 is 0 Å². The Labute approximate surface area is 90.0 Å². The Kier molecular flexibility index (Phi) is 5.10. The lowest BCUT2D eigenvalue weighted by molar-refractivity contribution is -0.128. The Hall–Kier alpha value is -1.10. The van der Waals surface area contributed by atoms with Crippen LogP contribution in [0.5, 0.6) is 0 Å². The zero-order valence-electron chi connectivity index (χ0n) is 9.14. The fraction of sp³-hybridized carbons (Fsp3) is 0.800. The van der Waals surface area contributed by atoms with Gasteiger partial charge in [0, 0.05) is 19.5 Å². The molecule has 0 aromatic heterocycles. The van der Waals surface area contributed by atoms with Crippen molar-refractivity contribution in [3.05, 3.63) is 0 Å². The van der Waals surface area contributed by atoms with Gasteiger partial charge in [0.05, 0.1) is 5.92 Å². The smallest absolute Gasteiger partial charge is 0.224 e. The Morgan fingerprint density at radius 2 is 2.33 bits per heavy atom. The maximum Gasteiger partial charge on any atom is 0.224 e. The van der Waals surface area contributed by atoms with Crippen molar-refractivity contribution in [2.24, 2.45) is 5.92 Å². The van der Waals surface area contributed by atoms with Crippen LogP contribution in [-0.4, -0.2) is 38.5 Å². The molecule has 86 valence electrons. The molecule has 1 saturated heterocycles. The van der Waals surface area contributed by atoms with Crippen molar-refractivity contribution in [2.75, 3.05) is 26.7 Å². The predicted molar refractivity (Wildman–Crippen MR) is 57.3 cm³/mol. The molecule has 1 heterocycles. The fourth-order valence-electron chi connectivity index (χ4n) is 1.58. The summed E-state index contributed by atoms with van der Waals surface area (Å²) in [6, 6.07) is 0. The van der Waals surface area contributed by atoms with E-state index in [1.54, 1.807) is 0 Å². The number of carbonyl (C=O) groups excluding carboxylic acids is 2. The first-order valence-corrected chi connectivity index (χ1v) is 5.43. The van der Waals surface area contributed by atoms with E-state index in [9.17, 15) is 9.59 Å². The summed E-state index contributed by atoms with van der Waals surface area (Å²) in [6.45, 7) is 2.09. The molecular weight excluding hydrogens is 194 g/mol. The molecule has 5 heteroatoms.